The Bertz CT molecular complexity index is 246. The van der Waals surface area contributed by atoms with E-state index in [0.717, 1.165) is 0 Å². The van der Waals surface area contributed by atoms with Crippen LogP contribution in [-0.4, -0.2) is 48.7 Å². The predicted octanol–water partition coefficient (Wildman–Crippen LogP) is 0.581. The third kappa shape index (κ3) is 12.6. The second kappa shape index (κ2) is 8.91. The maximum absolute atomic E-state index is 10.6. The molecule has 0 bridgehead atoms. The first kappa shape index (κ1) is 17.0. The standard InChI is InChI=1S/C7H12O3.C4H9NO/c1-5(2)7(9)10-4-6(3)8;1-4(6)5(2)3/h6,8H,1,4H2,2-3H3;1-3H3. The molecule has 0 heterocycles. The van der Waals surface area contributed by atoms with E-state index in [1.165, 1.54) is 11.8 Å². The van der Waals surface area contributed by atoms with Crippen molar-refractivity contribution >= 4 is 11.9 Å². The summed E-state index contributed by atoms with van der Waals surface area (Å²) < 4.78 is 4.58. The van der Waals surface area contributed by atoms with Gasteiger partial charge in [-0.05, 0) is 13.8 Å². The van der Waals surface area contributed by atoms with E-state index in [1.807, 2.05) is 0 Å². The average molecular weight is 231 g/mol. The minimum atomic E-state index is -0.608. The third-order valence-corrected chi connectivity index (χ3v) is 1.43. The second-order valence-corrected chi connectivity index (χ2v) is 3.64. The molecule has 0 aromatic rings. The average Bonchev–Trinajstić information content (AvgIpc) is 2.14. The Balaban J connectivity index is 0. The fourth-order valence-electron chi connectivity index (χ4n) is 0.319. The van der Waals surface area contributed by atoms with E-state index < -0.39 is 12.1 Å². The van der Waals surface area contributed by atoms with Crippen molar-refractivity contribution in [2.24, 2.45) is 0 Å². The first-order valence-corrected chi connectivity index (χ1v) is 4.87. The topological polar surface area (TPSA) is 66.8 Å². The number of esters is 1. The van der Waals surface area contributed by atoms with Crippen LogP contribution in [-0.2, 0) is 14.3 Å². The molecule has 0 saturated carbocycles. The lowest BCUT2D eigenvalue weighted by Crippen LogP contribution is -2.17. The van der Waals surface area contributed by atoms with Crippen LogP contribution < -0.4 is 0 Å². The van der Waals surface area contributed by atoms with Crippen LogP contribution in [0, 0.1) is 0 Å². The van der Waals surface area contributed by atoms with Gasteiger partial charge in [-0.2, -0.15) is 0 Å². The molecule has 16 heavy (non-hydrogen) atoms. The van der Waals surface area contributed by atoms with Crippen molar-refractivity contribution in [1.82, 2.24) is 4.90 Å². The van der Waals surface area contributed by atoms with Crippen LogP contribution >= 0.6 is 0 Å². The molecule has 1 amide bonds. The van der Waals surface area contributed by atoms with Crippen LogP contribution in [0.5, 0.6) is 0 Å². The first-order valence-electron chi connectivity index (χ1n) is 4.87. The normalized spacial score (nSPS) is 10.6. The number of hydrogen-bond acceptors (Lipinski definition) is 4. The number of aliphatic hydroxyl groups is 1. The Morgan fingerprint density at radius 2 is 1.75 bits per heavy atom. The fraction of sp³-hybridized carbons (Fsp3) is 0.636. The monoisotopic (exact) mass is 231 g/mol. The van der Waals surface area contributed by atoms with Gasteiger partial charge in [0.2, 0.25) is 5.91 Å². The number of hydrogen-bond donors (Lipinski definition) is 1. The number of carbonyl (C=O) groups is 2. The summed E-state index contributed by atoms with van der Waals surface area (Å²) in [5.74, 6) is -0.365. The van der Waals surface area contributed by atoms with Gasteiger partial charge >= 0.3 is 5.97 Å². The molecule has 5 nitrogen and oxygen atoms in total. The van der Waals surface area contributed by atoms with Crippen molar-refractivity contribution in [3.63, 3.8) is 0 Å². The van der Waals surface area contributed by atoms with Gasteiger partial charge in [-0.25, -0.2) is 4.79 Å². The summed E-state index contributed by atoms with van der Waals surface area (Å²) in [6.45, 7) is 8.05. The molecule has 0 aliphatic rings. The molecule has 0 fully saturated rings. The van der Waals surface area contributed by atoms with E-state index in [4.69, 9.17) is 5.11 Å². The molecule has 0 aliphatic heterocycles. The van der Waals surface area contributed by atoms with Crippen LogP contribution in [0.1, 0.15) is 20.8 Å². The van der Waals surface area contributed by atoms with Gasteiger partial charge in [0.25, 0.3) is 0 Å². The Kier molecular flexibility index (Phi) is 9.49. The third-order valence-electron chi connectivity index (χ3n) is 1.43. The van der Waals surface area contributed by atoms with Gasteiger partial charge in [0.05, 0.1) is 6.10 Å². The second-order valence-electron chi connectivity index (χ2n) is 3.64. The summed E-state index contributed by atoms with van der Waals surface area (Å²) in [4.78, 5) is 22.2. The smallest absolute Gasteiger partial charge is 0.333 e. The Labute approximate surface area is 96.7 Å². The van der Waals surface area contributed by atoms with Gasteiger partial charge in [-0.3, -0.25) is 4.79 Å². The molecule has 1 unspecified atom stereocenters. The number of rotatable bonds is 3. The van der Waals surface area contributed by atoms with E-state index in [0.29, 0.717) is 5.57 Å². The number of ether oxygens (including phenoxy) is 1. The fourth-order valence-corrected chi connectivity index (χ4v) is 0.319. The zero-order valence-corrected chi connectivity index (χ0v) is 10.6. The van der Waals surface area contributed by atoms with Gasteiger partial charge in [0, 0.05) is 26.6 Å². The van der Waals surface area contributed by atoms with Gasteiger partial charge in [0.15, 0.2) is 0 Å². The van der Waals surface area contributed by atoms with Crippen LogP contribution in [0.2, 0.25) is 0 Å². The molecule has 0 aromatic carbocycles. The summed E-state index contributed by atoms with van der Waals surface area (Å²) in [5.41, 5.74) is 0.348. The molecular formula is C11H21NO4. The van der Waals surface area contributed by atoms with E-state index in [9.17, 15) is 9.59 Å². The SMILES string of the molecule is C=C(C)C(=O)OCC(C)O.CC(=O)N(C)C. The molecule has 1 N–H and O–H groups in total. The molecule has 0 radical (unpaired) electrons. The van der Waals surface area contributed by atoms with Crippen molar-refractivity contribution in [3.8, 4) is 0 Å². The molecule has 0 aliphatic carbocycles. The lowest BCUT2D eigenvalue weighted by Gasteiger charge is -2.04. The molecule has 0 rings (SSSR count). The van der Waals surface area contributed by atoms with E-state index in [2.05, 4.69) is 11.3 Å². The Hall–Kier alpha value is -1.36. The molecule has 0 saturated heterocycles. The number of aliphatic hydroxyl groups excluding tert-OH is 1. The number of amides is 1. The minimum absolute atomic E-state index is 0.0334. The van der Waals surface area contributed by atoms with Gasteiger partial charge < -0.3 is 14.7 Å². The van der Waals surface area contributed by atoms with Crippen LogP contribution in [0.3, 0.4) is 0 Å². The Morgan fingerprint density at radius 1 is 1.38 bits per heavy atom. The highest BCUT2D eigenvalue weighted by Crippen LogP contribution is 1.92. The van der Waals surface area contributed by atoms with Crippen LogP contribution in [0.4, 0.5) is 0 Å². The lowest BCUT2D eigenvalue weighted by atomic mass is 10.3. The van der Waals surface area contributed by atoms with Crippen molar-refractivity contribution < 1.29 is 19.4 Å². The molecule has 94 valence electrons. The van der Waals surface area contributed by atoms with E-state index in [1.54, 1.807) is 27.9 Å². The van der Waals surface area contributed by atoms with Crippen LogP contribution in [0.25, 0.3) is 0 Å². The molecular weight excluding hydrogens is 210 g/mol. The quantitative estimate of drug-likeness (QED) is 0.570. The zero-order valence-electron chi connectivity index (χ0n) is 10.6. The molecule has 0 spiro atoms. The van der Waals surface area contributed by atoms with Crippen molar-refractivity contribution in [1.29, 1.82) is 0 Å². The molecule has 1 atom stereocenters. The van der Waals surface area contributed by atoms with Crippen molar-refractivity contribution in [2.75, 3.05) is 20.7 Å². The Morgan fingerprint density at radius 3 is 1.94 bits per heavy atom. The molecule has 5 heteroatoms. The maximum Gasteiger partial charge on any atom is 0.333 e. The van der Waals surface area contributed by atoms with Gasteiger partial charge in [-0.15, -0.1) is 0 Å². The highest BCUT2D eigenvalue weighted by Gasteiger charge is 2.03. The van der Waals surface area contributed by atoms with Crippen molar-refractivity contribution in [3.05, 3.63) is 12.2 Å². The summed E-state index contributed by atoms with van der Waals surface area (Å²) in [7, 11) is 3.45. The largest absolute Gasteiger partial charge is 0.460 e. The summed E-state index contributed by atoms with van der Waals surface area (Å²) in [6.07, 6.45) is -0.608. The van der Waals surface area contributed by atoms with Gasteiger partial charge in [0.1, 0.15) is 6.61 Å². The number of carbonyl (C=O) groups excluding carboxylic acids is 2. The first-order chi connectivity index (χ1) is 7.18. The van der Waals surface area contributed by atoms with E-state index in [-0.39, 0.29) is 12.5 Å². The number of nitrogens with zero attached hydrogens (tertiary/aromatic N) is 1. The lowest BCUT2D eigenvalue weighted by molar-refractivity contribution is -0.141. The summed E-state index contributed by atoms with van der Waals surface area (Å²) >= 11 is 0. The van der Waals surface area contributed by atoms with Crippen LogP contribution in [0.15, 0.2) is 12.2 Å². The summed E-state index contributed by atoms with van der Waals surface area (Å²) in [6, 6.07) is 0. The zero-order chi connectivity index (χ0) is 13.3. The van der Waals surface area contributed by atoms with Gasteiger partial charge in [-0.1, -0.05) is 6.58 Å². The highest BCUT2D eigenvalue weighted by molar-refractivity contribution is 5.86. The summed E-state index contributed by atoms with van der Waals surface area (Å²) in [5, 5.41) is 8.68. The van der Waals surface area contributed by atoms with E-state index >= 15 is 0 Å². The highest BCUT2D eigenvalue weighted by atomic mass is 16.5. The minimum Gasteiger partial charge on any atom is -0.460 e. The van der Waals surface area contributed by atoms with Crippen molar-refractivity contribution in [2.45, 2.75) is 26.9 Å². The molecule has 0 aromatic heterocycles. The predicted molar refractivity (Wildman–Crippen MR) is 61.8 cm³/mol. The maximum atomic E-state index is 10.6.